The number of H-pyrrole nitrogens is 1. The molecule has 1 aromatic carbocycles. The number of aromatic nitrogens is 1. The zero-order chi connectivity index (χ0) is 21.0. The Morgan fingerprint density at radius 2 is 2.00 bits per heavy atom. The smallest absolute Gasteiger partial charge is 0.268 e. The average molecular weight is 461 g/mol. The maximum atomic E-state index is 13.1. The van der Waals surface area contributed by atoms with E-state index >= 15 is 0 Å². The van der Waals surface area contributed by atoms with E-state index in [1.165, 1.54) is 5.56 Å². The number of amides is 1. The summed E-state index contributed by atoms with van der Waals surface area (Å²) in [5.41, 5.74) is 3.82. The van der Waals surface area contributed by atoms with Crippen molar-refractivity contribution in [2.24, 2.45) is 0 Å². The summed E-state index contributed by atoms with van der Waals surface area (Å²) in [7, 11) is 0. The second-order valence-corrected chi connectivity index (χ2v) is 8.79. The molecule has 1 saturated heterocycles. The number of Topliss-reactive ketones (excluding diaryl/α,β-unsaturated/α-hetero) is 1. The standard InChI is InChI=1S/C23H29BrN2O3/c1-4-6-19-20(16(3)27)15(2)26-21(19)22(28)25-14-23(9-11-29-12-10-23)17-7-5-8-18(24)13-17/h5,7-8,13,26H,4,6,9-12,14H2,1-3H3,(H,25,28). The number of hydrogen-bond acceptors (Lipinski definition) is 3. The molecule has 5 nitrogen and oxygen atoms in total. The molecule has 0 aliphatic carbocycles. The van der Waals surface area contributed by atoms with Gasteiger partial charge < -0.3 is 15.0 Å². The molecule has 1 aromatic heterocycles. The van der Waals surface area contributed by atoms with E-state index in [4.69, 9.17) is 4.74 Å². The van der Waals surface area contributed by atoms with E-state index in [2.05, 4.69) is 45.3 Å². The topological polar surface area (TPSA) is 71.2 Å². The summed E-state index contributed by atoms with van der Waals surface area (Å²) in [6.45, 7) is 7.36. The highest BCUT2D eigenvalue weighted by molar-refractivity contribution is 9.10. The molecule has 2 heterocycles. The summed E-state index contributed by atoms with van der Waals surface area (Å²) in [4.78, 5) is 28.4. The van der Waals surface area contributed by atoms with Crippen molar-refractivity contribution >= 4 is 27.6 Å². The van der Waals surface area contributed by atoms with Gasteiger partial charge in [0.1, 0.15) is 5.69 Å². The lowest BCUT2D eigenvalue weighted by Crippen LogP contribution is -2.44. The number of hydrogen-bond donors (Lipinski definition) is 2. The van der Waals surface area contributed by atoms with Gasteiger partial charge in [-0.25, -0.2) is 0 Å². The molecule has 1 amide bonds. The van der Waals surface area contributed by atoms with Gasteiger partial charge in [-0.3, -0.25) is 9.59 Å². The SMILES string of the molecule is CCCc1c(C(=O)NCC2(c3cccc(Br)c3)CCOCC2)[nH]c(C)c1C(C)=O. The molecule has 1 fully saturated rings. The predicted molar refractivity (Wildman–Crippen MR) is 118 cm³/mol. The third-order valence-corrected chi connectivity index (χ3v) is 6.34. The zero-order valence-corrected chi connectivity index (χ0v) is 18.9. The fraction of sp³-hybridized carbons (Fsp3) is 0.478. The van der Waals surface area contributed by atoms with Crippen LogP contribution in [0.5, 0.6) is 0 Å². The number of rotatable bonds is 7. The van der Waals surface area contributed by atoms with E-state index in [9.17, 15) is 9.59 Å². The Balaban J connectivity index is 1.86. The number of ketones is 1. The van der Waals surface area contributed by atoms with Gasteiger partial charge in [-0.2, -0.15) is 0 Å². The first-order chi connectivity index (χ1) is 13.9. The average Bonchev–Trinajstić information content (AvgIpc) is 3.03. The maximum Gasteiger partial charge on any atom is 0.268 e. The molecular formula is C23H29BrN2O3. The maximum absolute atomic E-state index is 13.1. The summed E-state index contributed by atoms with van der Waals surface area (Å²) >= 11 is 3.57. The highest BCUT2D eigenvalue weighted by Gasteiger charge is 2.35. The van der Waals surface area contributed by atoms with E-state index in [1.807, 2.05) is 19.1 Å². The Bertz CT molecular complexity index is 898. The first-order valence-corrected chi connectivity index (χ1v) is 11.0. The minimum absolute atomic E-state index is 0.00344. The highest BCUT2D eigenvalue weighted by Crippen LogP contribution is 2.35. The lowest BCUT2D eigenvalue weighted by atomic mass is 9.74. The van der Waals surface area contributed by atoms with Crippen LogP contribution in [-0.2, 0) is 16.6 Å². The van der Waals surface area contributed by atoms with Crippen LogP contribution < -0.4 is 5.32 Å². The van der Waals surface area contributed by atoms with Gasteiger partial charge in [-0.05, 0) is 56.4 Å². The van der Waals surface area contributed by atoms with Crippen molar-refractivity contribution in [1.82, 2.24) is 10.3 Å². The third-order valence-electron chi connectivity index (χ3n) is 5.84. The van der Waals surface area contributed by atoms with Crippen LogP contribution >= 0.6 is 15.9 Å². The lowest BCUT2D eigenvalue weighted by Gasteiger charge is -2.38. The Kier molecular flexibility index (Phi) is 6.96. The third kappa shape index (κ3) is 4.64. The second-order valence-electron chi connectivity index (χ2n) is 7.87. The van der Waals surface area contributed by atoms with E-state index in [0.29, 0.717) is 37.4 Å². The largest absolute Gasteiger partial charge is 0.381 e. The summed E-state index contributed by atoms with van der Waals surface area (Å²) < 4.78 is 6.63. The van der Waals surface area contributed by atoms with Crippen LogP contribution in [0.25, 0.3) is 0 Å². The molecule has 3 rings (SSSR count). The number of halogens is 1. The van der Waals surface area contributed by atoms with Crippen LogP contribution in [0.3, 0.4) is 0 Å². The van der Waals surface area contributed by atoms with Crippen LogP contribution in [-0.4, -0.2) is 36.4 Å². The molecule has 0 bridgehead atoms. The Morgan fingerprint density at radius 1 is 1.28 bits per heavy atom. The zero-order valence-electron chi connectivity index (χ0n) is 17.4. The van der Waals surface area contributed by atoms with Crippen LogP contribution in [0.15, 0.2) is 28.7 Å². The van der Waals surface area contributed by atoms with Gasteiger partial charge in [0.2, 0.25) is 0 Å². The van der Waals surface area contributed by atoms with Crippen molar-refractivity contribution in [3.63, 3.8) is 0 Å². The van der Waals surface area contributed by atoms with Crippen LogP contribution in [0, 0.1) is 6.92 Å². The van der Waals surface area contributed by atoms with Gasteiger partial charge in [-0.15, -0.1) is 0 Å². The Morgan fingerprint density at radius 3 is 2.62 bits per heavy atom. The monoisotopic (exact) mass is 460 g/mol. The molecule has 1 aliphatic rings. The molecule has 2 aromatic rings. The highest BCUT2D eigenvalue weighted by atomic mass is 79.9. The second kappa shape index (κ2) is 9.26. The summed E-state index contributed by atoms with van der Waals surface area (Å²) in [6, 6.07) is 8.30. The van der Waals surface area contributed by atoms with Gasteiger partial charge >= 0.3 is 0 Å². The van der Waals surface area contributed by atoms with Crippen molar-refractivity contribution in [3.05, 3.63) is 56.8 Å². The van der Waals surface area contributed by atoms with Gasteiger partial charge in [0, 0.05) is 40.9 Å². The molecule has 2 N–H and O–H groups in total. The predicted octanol–water partition coefficient (Wildman–Crippen LogP) is 4.72. The minimum Gasteiger partial charge on any atom is -0.381 e. The molecule has 0 saturated carbocycles. The summed E-state index contributed by atoms with van der Waals surface area (Å²) in [6.07, 6.45) is 3.28. The van der Waals surface area contributed by atoms with Gasteiger partial charge in [0.15, 0.2) is 5.78 Å². The number of aromatic amines is 1. The minimum atomic E-state index is -0.159. The number of nitrogens with one attached hydrogen (secondary N) is 2. The molecule has 0 spiro atoms. The van der Waals surface area contributed by atoms with Crippen molar-refractivity contribution in [1.29, 1.82) is 0 Å². The van der Waals surface area contributed by atoms with Crippen LogP contribution in [0.4, 0.5) is 0 Å². The molecule has 0 unspecified atom stereocenters. The van der Waals surface area contributed by atoms with E-state index in [-0.39, 0.29) is 17.1 Å². The molecule has 29 heavy (non-hydrogen) atoms. The first kappa shape index (κ1) is 21.8. The van der Waals surface area contributed by atoms with Crippen molar-refractivity contribution in [2.75, 3.05) is 19.8 Å². The lowest BCUT2D eigenvalue weighted by molar-refractivity contribution is 0.0486. The number of ether oxygens (including phenoxy) is 1. The molecule has 0 radical (unpaired) electrons. The van der Waals surface area contributed by atoms with E-state index < -0.39 is 0 Å². The molecule has 0 atom stereocenters. The van der Waals surface area contributed by atoms with Crippen molar-refractivity contribution in [3.8, 4) is 0 Å². The van der Waals surface area contributed by atoms with E-state index in [1.54, 1.807) is 6.92 Å². The van der Waals surface area contributed by atoms with Gasteiger partial charge in [-0.1, -0.05) is 41.4 Å². The quantitative estimate of drug-likeness (QED) is 0.587. The Labute approximate surface area is 180 Å². The van der Waals surface area contributed by atoms with Crippen LogP contribution in [0.1, 0.15) is 70.8 Å². The van der Waals surface area contributed by atoms with Crippen LogP contribution in [0.2, 0.25) is 0 Å². The number of carbonyl (C=O) groups is 2. The number of benzene rings is 1. The molecular weight excluding hydrogens is 432 g/mol. The van der Waals surface area contributed by atoms with Crippen molar-refractivity contribution < 1.29 is 14.3 Å². The first-order valence-electron chi connectivity index (χ1n) is 10.2. The van der Waals surface area contributed by atoms with Crippen molar-refractivity contribution in [2.45, 2.75) is 51.9 Å². The number of carbonyl (C=O) groups excluding carboxylic acids is 2. The fourth-order valence-electron chi connectivity index (χ4n) is 4.33. The summed E-state index contributed by atoms with van der Waals surface area (Å²) in [5.74, 6) is -0.152. The Hall–Kier alpha value is -1.92. The van der Waals surface area contributed by atoms with Gasteiger partial charge in [0.05, 0.1) is 0 Å². The van der Waals surface area contributed by atoms with E-state index in [0.717, 1.165) is 35.0 Å². The molecule has 1 aliphatic heterocycles. The molecule has 156 valence electrons. The number of aryl methyl sites for hydroxylation is 1. The summed E-state index contributed by atoms with van der Waals surface area (Å²) in [5, 5.41) is 3.15. The molecule has 6 heteroatoms. The fourth-order valence-corrected chi connectivity index (χ4v) is 4.73. The van der Waals surface area contributed by atoms with Gasteiger partial charge in [0.25, 0.3) is 5.91 Å². The normalized spacial score (nSPS) is 15.9.